The van der Waals surface area contributed by atoms with Crippen LogP contribution < -0.4 is 11.1 Å². The van der Waals surface area contributed by atoms with Crippen LogP contribution in [0.5, 0.6) is 0 Å². The zero-order chi connectivity index (χ0) is 12.4. The highest BCUT2D eigenvalue weighted by Gasteiger charge is 2.15. The van der Waals surface area contributed by atoms with Gasteiger partial charge in [0.15, 0.2) is 0 Å². The number of imidazole rings is 1. The summed E-state index contributed by atoms with van der Waals surface area (Å²) in [6.07, 6.45) is 1.72. The quantitative estimate of drug-likeness (QED) is 0.735. The third-order valence-corrected chi connectivity index (χ3v) is 3.54. The summed E-state index contributed by atoms with van der Waals surface area (Å²) in [7, 11) is 0. The van der Waals surface area contributed by atoms with Crippen molar-refractivity contribution in [1.29, 1.82) is 0 Å². The van der Waals surface area contributed by atoms with Crippen LogP contribution in [0.2, 0.25) is 0 Å². The highest BCUT2D eigenvalue weighted by molar-refractivity contribution is 5.75. The predicted octanol–water partition coefficient (Wildman–Crippen LogP) is 0.468. The number of H-pyrrole nitrogens is 1. The molecule has 1 aromatic heterocycles. The molecule has 1 aliphatic rings. The molecule has 1 atom stereocenters. The summed E-state index contributed by atoms with van der Waals surface area (Å²) < 4.78 is 0. The number of rotatable bonds is 3. The van der Waals surface area contributed by atoms with Gasteiger partial charge in [-0.1, -0.05) is 6.07 Å². The lowest BCUT2D eigenvalue weighted by molar-refractivity contribution is 0.228. The van der Waals surface area contributed by atoms with Crippen molar-refractivity contribution in [3.05, 3.63) is 30.1 Å². The molecule has 96 valence electrons. The van der Waals surface area contributed by atoms with Crippen molar-refractivity contribution in [3.8, 4) is 0 Å². The van der Waals surface area contributed by atoms with Crippen LogP contribution in [-0.2, 0) is 0 Å². The lowest BCUT2D eigenvalue weighted by atomic mass is 10.1. The van der Waals surface area contributed by atoms with Crippen LogP contribution in [0.1, 0.15) is 11.6 Å². The van der Waals surface area contributed by atoms with Gasteiger partial charge in [0.1, 0.15) is 0 Å². The van der Waals surface area contributed by atoms with E-state index < -0.39 is 0 Å². The smallest absolute Gasteiger partial charge is 0.0931 e. The van der Waals surface area contributed by atoms with Gasteiger partial charge in [-0.15, -0.1) is 0 Å². The number of hydrogen-bond donors (Lipinski definition) is 3. The maximum Gasteiger partial charge on any atom is 0.0931 e. The number of nitrogens with one attached hydrogen (secondary N) is 2. The number of nitrogens with zero attached hydrogens (tertiary/aromatic N) is 2. The number of benzene rings is 1. The lowest BCUT2D eigenvalue weighted by Crippen LogP contribution is -2.45. The topological polar surface area (TPSA) is 70.0 Å². The lowest BCUT2D eigenvalue weighted by Gasteiger charge is -2.29. The summed E-state index contributed by atoms with van der Waals surface area (Å²) in [5.74, 6) is 0. The number of piperazine rings is 1. The molecule has 0 amide bonds. The van der Waals surface area contributed by atoms with Crippen molar-refractivity contribution in [3.63, 3.8) is 0 Å². The number of fused-ring (bicyclic) bond motifs is 1. The molecular weight excluding hydrogens is 226 g/mol. The molecule has 1 fully saturated rings. The fourth-order valence-electron chi connectivity index (χ4n) is 2.46. The number of aromatic nitrogens is 2. The summed E-state index contributed by atoms with van der Waals surface area (Å²) in [4.78, 5) is 9.76. The Bertz CT molecular complexity index is 515. The minimum absolute atomic E-state index is 0.0656. The molecule has 2 heterocycles. The van der Waals surface area contributed by atoms with E-state index >= 15 is 0 Å². The van der Waals surface area contributed by atoms with E-state index in [1.807, 2.05) is 6.07 Å². The monoisotopic (exact) mass is 245 g/mol. The van der Waals surface area contributed by atoms with E-state index in [4.69, 9.17) is 5.73 Å². The molecule has 0 radical (unpaired) electrons. The van der Waals surface area contributed by atoms with Crippen molar-refractivity contribution >= 4 is 11.0 Å². The Labute approximate surface area is 106 Å². The standard InChI is InChI=1S/C13H19N5/c14-11(8-18-5-3-15-4-6-18)10-1-2-12-13(7-10)17-9-16-12/h1-2,7,9,11,15H,3-6,8,14H2,(H,16,17). The average Bonchev–Trinajstić information content (AvgIpc) is 2.87. The van der Waals surface area contributed by atoms with Crippen LogP contribution >= 0.6 is 0 Å². The SMILES string of the molecule is NC(CN1CCNCC1)c1ccc2nc[nH]c2c1. The highest BCUT2D eigenvalue weighted by atomic mass is 15.2. The van der Waals surface area contributed by atoms with Gasteiger partial charge in [-0.2, -0.15) is 0 Å². The summed E-state index contributed by atoms with van der Waals surface area (Å²) >= 11 is 0. The normalized spacial score (nSPS) is 19.2. The fraction of sp³-hybridized carbons (Fsp3) is 0.462. The highest BCUT2D eigenvalue weighted by Crippen LogP contribution is 2.17. The van der Waals surface area contributed by atoms with Gasteiger partial charge in [-0.3, -0.25) is 4.90 Å². The first-order valence-corrected chi connectivity index (χ1v) is 6.44. The number of aromatic amines is 1. The largest absolute Gasteiger partial charge is 0.345 e. The van der Waals surface area contributed by atoms with E-state index in [0.717, 1.165) is 43.8 Å². The van der Waals surface area contributed by atoms with Crippen LogP contribution in [0.3, 0.4) is 0 Å². The van der Waals surface area contributed by atoms with Crippen LogP contribution in [0.4, 0.5) is 0 Å². The Morgan fingerprint density at radius 3 is 3.00 bits per heavy atom. The van der Waals surface area contributed by atoms with E-state index in [-0.39, 0.29) is 6.04 Å². The summed E-state index contributed by atoms with van der Waals surface area (Å²) in [6, 6.07) is 6.28. The van der Waals surface area contributed by atoms with Gasteiger partial charge in [-0.05, 0) is 17.7 Å². The predicted molar refractivity (Wildman–Crippen MR) is 72.3 cm³/mol. The minimum atomic E-state index is 0.0656. The van der Waals surface area contributed by atoms with Crippen molar-refractivity contribution in [2.24, 2.45) is 5.73 Å². The van der Waals surface area contributed by atoms with Gasteiger partial charge in [-0.25, -0.2) is 4.98 Å². The van der Waals surface area contributed by atoms with E-state index in [2.05, 4.69) is 32.3 Å². The summed E-state index contributed by atoms with van der Waals surface area (Å²) in [5, 5.41) is 3.35. The molecule has 4 N–H and O–H groups in total. The van der Waals surface area contributed by atoms with Gasteiger partial charge in [0.25, 0.3) is 0 Å². The molecule has 1 unspecified atom stereocenters. The second-order valence-corrected chi connectivity index (χ2v) is 4.84. The van der Waals surface area contributed by atoms with Gasteiger partial charge >= 0.3 is 0 Å². The van der Waals surface area contributed by atoms with Crippen LogP contribution in [-0.4, -0.2) is 47.6 Å². The Morgan fingerprint density at radius 2 is 2.17 bits per heavy atom. The van der Waals surface area contributed by atoms with Gasteiger partial charge < -0.3 is 16.0 Å². The molecule has 0 bridgehead atoms. The zero-order valence-corrected chi connectivity index (χ0v) is 10.4. The number of nitrogens with two attached hydrogens (primary N) is 1. The van der Waals surface area contributed by atoms with Crippen LogP contribution in [0.25, 0.3) is 11.0 Å². The maximum absolute atomic E-state index is 6.29. The van der Waals surface area contributed by atoms with Gasteiger partial charge in [0.05, 0.1) is 17.4 Å². The maximum atomic E-state index is 6.29. The van der Waals surface area contributed by atoms with E-state index in [1.165, 1.54) is 5.56 Å². The molecule has 5 heteroatoms. The Kier molecular flexibility index (Phi) is 3.27. The van der Waals surface area contributed by atoms with E-state index in [1.54, 1.807) is 6.33 Å². The molecule has 1 aliphatic heterocycles. The molecule has 18 heavy (non-hydrogen) atoms. The Balaban J connectivity index is 1.72. The van der Waals surface area contributed by atoms with Gasteiger partial charge in [0, 0.05) is 38.8 Å². The molecule has 2 aromatic rings. The van der Waals surface area contributed by atoms with E-state index in [9.17, 15) is 0 Å². The molecule has 1 saturated heterocycles. The molecular formula is C13H19N5. The van der Waals surface area contributed by atoms with Crippen molar-refractivity contribution in [2.75, 3.05) is 32.7 Å². The van der Waals surface area contributed by atoms with Crippen molar-refractivity contribution in [1.82, 2.24) is 20.2 Å². The molecule has 0 spiro atoms. The van der Waals surface area contributed by atoms with Crippen molar-refractivity contribution in [2.45, 2.75) is 6.04 Å². The number of hydrogen-bond acceptors (Lipinski definition) is 4. The summed E-state index contributed by atoms with van der Waals surface area (Å²) in [6.45, 7) is 5.21. The first kappa shape index (κ1) is 11.6. The third kappa shape index (κ3) is 2.38. The summed E-state index contributed by atoms with van der Waals surface area (Å²) in [5.41, 5.74) is 9.51. The first-order valence-electron chi connectivity index (χ1n) is 6.44. The van der Waals surface area contributed by atoms with E-state index in [0.29, 0.717) is 0 Å². The molecule has 3 rings (SSSR count). The molecule has 0 aliphatic carbocycles. The minimum Gasteiger partial charge on any atom is -0.345 e. The molecule has 0 saturated carbocycles. The first-order chi connectivity index (χ1) is 8.83. The van der Waals surface area contributed by atoms with Crippen LogP contribution in [0.15, 0.2) is 24.5 Å². The Morgan fingerprint density at radius 1 is 1.33 bits per heavy atom. The van der Waals surface area contributed by atoms with Crippen molar-refractivity contribution < 1.29 is 0 Å². The second kappa shape index (κ2) is 5.06. The second-order valence-electron chi connectivity index (χ2n) is 4.84. The van der Waals surface area contributed by atoms with Gasteiger partial charge in [0.2, 0.25) is 0 Å². The van der Waals surface area contributed by atoms with Crippen LogP contribution in [0, 0.1) is 0 Å². The molecule has 1 aromatic carbocycles. The third-order valence-electron chi connectivity index (χ3n) is 3.54. The molecule has 5 nitrogen and oxygen atoms in total. The fourth-order valence-corrected chi connectivity index (χ4v) is 2.46. The Hall–Kier alpha value is -1.43. The zero-order valence-electron chi connectivity index (χ0n) is 10.4. The average molecular weight is 245 g/mol.